The summed E-state index contributed by atoms with van der Waals surface area (Å²) in [5, 5.41) is 12.0. The fourth-order valence-electron chi connectivity index (χ4n) is 2.47. The van der Waals surface area contributed by atoms with Crippen LogP contribution in [0.3, 0.4) is 0 Å². The lowest BCUT2D eigenvalue weighted by molar-refractivity contribution is 0.563. The van der Waals surface area contributed by atoms with Gasteiger partial charge in [-0.3, -0.25) is 0 Å². The van der Waals surface area contributed by atoms with Gasteiger partial charge >= 0.3 is 0 Å². The molecule has 5 nitrogen and oxygen atoms in total. The Hall–Kier alpha value is -1.23. The molecule has 1 aliphatic carbocycles. The molecule has 18 heavy (non-hydrogen) atoms. The van der Waals surface area contributed by atoms with Crippen LogP contribution in [0.2, 0.25) is 0 Å². The van der Waals surface area contributed by atoms with E-state index in [1.54, 1.807) is 0 Å². The molecule has 1 saturated carbocycles. The van der Waals surface area contributed by atoms with Gasteiger partial charge in [0.15, 0.2) is 0 Å². The lowest BCUT2D eigenvalue weighted by Crippen LogP contribution is -2.39. The van der Waals surface area contributed by atoms with Crippen molar-refractivity contribution in [3.8, 4) is 0 Å². The van der Waals surface area contributed by atoms with Crippen LogP contribution in [0.4, 0.5) is 5.95 Å². The Labute approximate surface area is 108 Å². The van der Waals surface area contributed by atoms with Crippen LogP contribution in [0.1, 0.15) is 37.1 Å². The highest BCUT2D eigenvalue weighted by Gasteiger charge is 2.29. The molecule has 2 aliphatic rings. The van der Waals surface area contributed by atoms with Gasteiger partial charge in [-0.2, -0.15) is 5.10 Å². The molecular weight excluding hydrogens is 226 g/mol. The highest BCUT2D eigenvalue weighted by molar-refractivity contribution is 5.33. The number of nitrogens with one attached hydrogen (secondary N) is 1. The van der Waals surface area contributed by atoms with E-state index >= 15 is 0 Å². The summed E-state index contributed by atoms with van der Waals surface area (Å²) < 4.78 is 0. The van der Waals surface area contributed by atoms with Crippen LogP contribution in [0, 0.1) is 13.8 Å². The lowest BCUT2D eigenvalue weighted by Gasteiger charge is -2.24. The van der Waals surface area contributed by atoms with E-state index in [9.17, 15) is 0 Å². The molecule has 2 heterocycles. The second kappa shape index (κ2) is 4.80. The minimum Gasteiger partial charge on any atom is -0.335 e. The number of rotatable bonds is 4. The van der Waals surface area contributed by atoms with Crippen molar-refractivity contribution >= 4 is 5.95 Å². The Kier molecular flexibility index (Phi) is 3.16. The summed E-state index contributed by atoms with van der Waals surface area (Å²) in [6.07, 6.45) is 5.14. The third-order valence-corrected chi connectivity index (χ3v) is 3.93. The Morgan fingerprint density at radius 3 is 2.72 bits per heavy atom. The highest BCUT2D eigenvalue weighted by Crippen LogP contribution is 2.24. The topological polar surface area (TPSA) is 53.9 Å². The Bertz CT molecular complexity index is 429. The van der Waals surface area contributed by atoms with E-state index in [2.05, 4.69) is 25.4 Å². The first-order valence-corrected chi connectivity index (χ1v) is 6.92. The minimum atomic E-state index is 0.537. The monoisotopic (exact) mass is 247 g/mol. The number of anilines is 1. The van der Waals surface area contributed by atoms with Gasteiger partial charge in [-0.15, -0.1) is 5.10 Å². The van der Waals surface area contributed by atoms with E-state index in [0.29, 0.717) is 6.04 Å². The summed E-state index contributed by atoms with van der Waals surface area (Å²) in [6, 6.07) is 1.31. The fraction of sp³-hybridized carbons (Fsp3) is 0.769. The van der Waals surface area contributed by atoms with Crippen molar-refractivity contribution in [2.75, 3.05) is 18.0 Å². The maximum atomic E-state index is 4.57. The quantitative estimate of drug-likeness (QED) is 0.866. The zero-order chi connectivity index (χ0) is 12.5. The van der Waals surface area contributed by atoms with Crippen molar-refractivity contribution in [2.45, 2.75) is 51.6 Å². The molecule has 2 fully saturated rings. The van der Waals surface area contributed by atoms with Gasteiger partial charge in [-0.05, 0) is 39.5 Å². The Balaban J connectivity index is 1.70. The van der Waals surface area contributed by atoms with Crippen LogP contribution < -0.4 is 10.2 Å². The van der Waals surface area contributed by atoms with Crippen molar-refractivity contribution in [3.05, 3.63) is 11.4 Å². The lowest BCUT2D eigenvalue weighted by atomic mass is 10.2. The molecule has 3 rings (SSSR count). The van der Waals surface area contributed by atoms with E-state index in [4.69, 9.17) is 0 Å². The van der Waals surface area contributed by atoms with Crippen molar-refractivity contribution in [2.24, 2.45) is 0 Å². The van der Waals surface area contributed by atoms with E-state index in [1.807, 2.05) is 13.8 Å². The molecule has 0 bridgehead atoms. The first kappa shape index (κ1) is 11.8. The van der Waals surface area contributed by atoms with Crippen LogP contribution in [-0.4, -0.2) is 40.4 Å². The smallest absolute Gasteiger partial charge is 0.245 e. The molecular formula is C13H21N5. The van der Waals surface area contributed by atoms with Crippen molar-refractivity contribution in [3.63, 3.8) is 0 Å². The predicted molar refractivity (Wildman–Crippen MR) is 70.7 cm³/mol. The third kappa shape index (κ3) is 2.46. The predicted octanol–water partition coefficient (Wildman–Crippen LogP) is 1.21. The van der Waals surface area contributed by atoms with Crippen LogP contribution in [0.5, 0.6) is 0 Å². The largest absolute Gasteiger partial charge is 0.335 e. The van der Waals surface area contributed by atoms with Crippen LogP contribution in [-0.2, 0) is 0 Å². The maximum absolute atomic E-state index is 4.57. The van der Waals surface area contributed by atoms with Gasteiger partial charge in [-0.1, -0.05) is 0 Å². The second-order valence-electron chi connectivity index (χ2n) is 5.45. The molecule has 0 amide bonds. The summed E-state index contributed by atoms with van der Waals surface area (Å²) in [7, 11) is 0. The molecule has 1 aromatic heterocycles. The number of aromatic nitrogens is 3. The number of hydrogen-bond acceptors (Lipinski definition) is 5. The standard InChI is InChI=1S/C13H21N5/c1-9-10(2)16-17-13(15-9)18-7-3-4-12(18)8-14-11-5-6-11/h11-12,14H,3-8H2,1-2H3. The van der Waals surface area contributed by atoms with Crippen LogP contribution >= 0.6 is 0 Å². The van der Waals surface area contributed by atoms with Gasteiger partial charge in [0.1, 0.15) is 0 Å². The van der Waals surface area contributed by atoms with Crippen LogP contribution in [0.25, 0.3) is 0 Å². The molecule has 1 N–H and O–H groups in total. The molecule has 1 saturated heterocycles. The summed E-state index contributed by atoms with van der Waals surface area (Å²) >= 11 is 0. The summed E-state index contributed by atoms with van der Waals surface area (Å²) in [5.41, 5.74) is 1.91. The first-order valence-electron chi connectivity index (χ1n) is 6.92. The van der Waals surface area contributed by atoms with Gasteiger partial charge in [0.2, 0.25) is 5.95 Å². The second-order valence-corrected chi connectivity index (χ2v) is 5.45. The third-order valence-electron chi connectivity index (χ3n) is 3.93. The summed E-state index contributed by atoms with van der Waals surface area (Å²) in [4.78, 5) is 6.89. The zero-order valence-electron chi connectivity index (χ0n) is 11.2. The number of hydrogen-bond donors (Lipinski definition) is 1. The molecule has 0 spiro atoms. The van der Waals surface area contributed by atoms with Gasteiger partial charge in [0, 0.05) is 25.2 Å². The molecule has 98 valence electrons. The number of aryl methyl sites for hydroxylation is 2. The maximum Gasteiger partial charge on any atom is 0.245 e. The molecule has 1 aliphatic heterocycles. The molecule has 0 aromatic carbocycles. The highest BCUT2D eigenvalue weighted by atomic mass is 15.3. The van der Waals surface area contributed by atoms with E-state index in [0.717, 1.165) is 36.5 Å². The van der Waals surface area contributed by atoms with E-state index in [1.165, 1.54) is 25.7 Å². The number of nitrogens with zero attached hydrogens (tertiary/aromatic N) is 4. The average Bonchev–Trinajstić information content (AvgIpc) is 3.08. The molecule has 1 aromatic rings. The average molecular weight is 247 g/mol. The van der Waals surface area contributed by atoms with E-state index in [-0.39, 0.29) is 0 Å². The van der Waals surface area contributed by atoms with Crippen LogP contribution in [0.15, 0.2) is 0 Å². The molecule has 0 radical (unpaired) electrons. The fourth-order valence-corrected chi connectivity index (χ4v) is 2.47. The van der Waals surface area contributed by atoms with E-state index < -0.39 is 0 Å². The summed E-state index contributed by atoms with van der Waals surface area (Å²) in [5.74, 6) is 0.804. The normalized spacial score (nSPS) is 23.7. The van der Waals surface area contributed by atoms with Crippen molar-refractivity contribution in [1.82, 2.24) is 20.5 Å². The van der Waals surface area contributed by atoms with Gasteiger partial charge < -0.3 is 10.2 Å². The molecule has 5 heteroatoms. The Morgan fingerprint density at radius 1 is 1.17 bits per heavy atom. The van der Waals surface area contributed by atoms with Crippen molar-refractivity contribution < 1.29 is 0 Å². The minimum absolute atomic E-state index is 0.537. The van der Waals surface area contributed by atoms with Gasteiger partial charge in [0.25, 0.3) is 0 Å². The summed E-state index contributed by atoms with van der Waals surface area (Å²) in [6.45, 7) is 6.07. The van der Waals surface area contributed by atoms with Gasteiger partial charge in [-0.25, -0.2) is 4.98 Å². The first-order chi connectivity index (χ1) is 8.74. The zero-order valence-corrected chi connectivity index (χ0v) is 11.2. The Morgan fingerprint density at radius 2 is 2.00 bits per heavy atom. The SMILES string of the molecule is Cc1nnc(N2CCCC2CNC2CC2)nc1C. The van der Waals surface area contributed by atoms with Gasteiger partial charge in [0.05, 0.1) is 11.4 Å². The van der Waals surface area contributed by atoms with Crippen molar-refractivity contribution in [1.29, 1.82) is 0 Å². The molecule has 1 unspecified atom stereocenters. The molecule has 1 atom stereocenters.